The largest absolute Gasteiger partial charge is 0.508 e. The molecule has 2 nitrogen and oxygen atoms in total. The number of hydrogen-bond donors (Lipinski definition) is 2. The Morgan fingerprint density at radius 3 is 1.80 bits per heavy atom. The fourth-order valence-electron chi connectivity index (χ4n) is 1.51. The van der Waals surface area contributed by atoms with Crippen LogP contribution in [0.15, 0.2) is 42.5 Å². The van der Waals surface area contributed by atoms with Gasteiger partial charge in [-0.05, 0) is 30.2 Å². The predicted molar refractivity (Wildman–Crippen MR) is 59.9 cm³/mol. The van der Waals surface area contributed by atoms with Crippen LogP contribution >= 0.6 is 0 Å². The van der Waals surface area contributed by atoms with Crippen molar-refractivity contribution in [3.8, 4) is 22.6 Å². The van der Waals surface area contributed by atoms with E-state index in [2.05, 4.69) is 0 Å². The summed E-state index contributed by atoms with van der Waals surface area (Å²) in [5.41, 5.74) is 2.97. The zero-order chi connectivity index (χ0) is 10.8. The Kier molecular flexibility index (Phi) is 2.34. The van der Waals surface area contributed by atoms with Gasteiger partial charge in [-0.3, -0.25) is 0 Å². The Morgan fingerprint density at radius 2 is 1.27 bits per heavy atom. The molecule has 0 bridgehead atoms. The molecule has 2 aromatic carbocycles. The number of phenols is 2. The van der Waals surface area contributed by atoms with Crippen LogP contribution in [-0.2, 0) is 0 Å². The first-order chi connectivity index (χ1) is 7.15. The van der Waals surface area contributed by atoms with Crippen molar-refractivity contribution < 1.29 is 10.2 Å². The van der Waals surface area contributed by atoms with Gasteiger partial charge >= 0.3 is 0 Å². The highest BCUT2D eigenvalue weighted by Gasteiger charge is 2.01. The molecule has 0 heterocycles. The second-order valence-corrected chi connectivity index (χ2v) is 3.60. The molecule has 0 amide bonds. The monoisotopic (exact) mass is 200 g/mol. The van der Waals surface area contributed by atoms with E-state index in [9.17, 15) is 10.2 Å². The van der Waals surface area contributed by atoms with E-state index in [1.165, 1.54) is 11.6 Å². The molecule has 0 aliphatic heterocycles. The highest BCUT2D eigenvalue weighted by atomic mass is 16.3. The van der Waals surface area contributed by atoms with Crippen LogP contribution in [0, 0.1) is 6.92 Å². The number of phenolic OH excluding ortho intramolecular Hbond substituents is 2. The molecule has 0 unspecified atom stereocenters. The molecular weight excluding hydrogens is 188 g/mol. The molecule has 2 N–H and O–H groups in total. The lowest BCUT2D eigenvalue weighted by Gasteiger charge is -2.04. The summed E-state index contributed by atoms with van der Waals surface area (Å²) in [4.78, 5) is 0. The van der Waals surface area contributed by atoms with E-state index < -0.39 is 0 Å². The Labute approximate surface area is 88.4 Å². The third kappa shape index (κ3) is 2.10. The average molecular weight is 200 g/mol. The van der Waals surface area contributed by atoms with Crippen molar-refractivity contribution in [2.24, 2.45) is 0 Å². The first-order valence-electron chi connectivity index (χ1n) is 4.75. The summed E-state index contributed by atoms with van der Waals surface area (Å²) in [6, 6.07) is 12.5. The lowest BCUT2D eigenvalue weighted by Crippen LogP contribution is -1.78. The standard InChI is InChI=1S/C13H12O2/c1-9-2-4-10(5-3-9)11-6-12(14)8-13(15)7-11/h2-8,14-15H,1H3. The van der Waals surface area contributed by atoms with Crippen molar-refractivity contribution in [3.05, 3.63) is 48.0 Å². The molecule has 2 rings (SSSR count). The van der Waals surface area contributed by atoms with Crippen molar-refractivity contribution in [1.82, 2.24) is 0 Å². The summed E-state index contributed by atoms with van der Waals surface area (Å²) in [6.07, 6.45) is 0. The van der Waals surface area contributed by atoms with Crippen LogP contribution in [0.5, 0.6) is 11.5 Å². The summed E-state index contributed by atoms with van der Waals surface area (Å²) < 4.78 is 0. The second-order valence-electron chi connectivity index (χ2n) is 3.60. The molecule has 0 aromatic heterocycles. The van der Waals surface area contributed by atoms with Gasteiger partial charge in [0.05, 0.1) is 0 Å². The SMILES string of the molecule is Cc1ccc(-c2cc(O)cc(O)c2)cc1. The van der Waals surface area contributed by atoms with E-state index in [1.807, 2.05) is 31.2 Å². The van der Waals surface area contributed by atoms with Gasteiger partial charge in [0.2, 0.25) is 0 Å². The minimum Gasteiger partial charge on any atom is -0.508 e. The first-order valence-corrected chi connectivity index (χ1v) is 4.75. The van der Waals surface area contributed by atoms with Gasteiger partial charge in [0.25, 0.3) is 0 Å². The van der Waals surface area contributed by atoms with Crippen molar-refractivity contribution in [2.75, 3.05) is 0 Å². The van der Waals surface area contributed by atoms with Gasteiger partial charge in [0, 0.05) is 6.07 Å². The third-order valence-electron chi connectivity index (χ3n) is 2.29. The Hall–Kier alpha value is -1.96. The summed E-state index contributed by atoms with van der Waals surface area (Å²) >= 11 is 0. The van der Waals surface area contributed by atoms with Crippen LogP contribution in [0.4, 0.5) is 0 Å². The van der Waals surface area contributed by atoms with Crippen LogP contribution < -0.4 is 0 Å². The summed E-state index contributed by atoms with van der Waals surface area (Å²) in [5.74, 6) is 0.149. The zero-order valence-corrected chi connectivity index (χ0v) is 8.44. The highest BCUT2D eigenvalue weighted by molar-refractivity contribution is 5.67. The van der Waals surface area contributed by atoms with Crippen LogP contribution in [0.1, 0.15) is 5.56 Å². The number of aryl methyl sites for hydroxylation is 1. The van der Waals surface area contributed by atoms with E-state index in [0.717, 1.165) is 11.1 Å². The normalized spacial score (nSPS) is 10.2. The summed E-state index contributed by atoms with van der Waals surface area (Å²) in [5, 5.41) is 18.7. The third-order valence-corrected chi connectivity index (χ3v) is 2.29. The van der Waals surface area contributed by atoms with E-state index in [0.29, 0.717) is 0 Å². The van der Waals surface area contributed by atoms with E-state index in [4.69, 9.17) is 0 Å². The lowest BCUT2D eigenvalue weighted by atomic mass is 10.0. The van der Waals surface area contributed by atoms with Gasteiger partial charge in [-0.1, -0.05) is 29.8 Å². The van der Waals surface area contributed by atoms with Gasteiger partial charge in [0.1, 0.15) is 11.5 Å². The van der Waals surface area contributed by atoms with Gasteiger partial charge < -0.3 is 10.2 Å². The molecule has 0 aliphatic rings. The van der Waals surface area contributed by atoms with Crippen molar-refractivity contribution in [3.63, 3.8) is 0 Å². The Balaban J connectivity index is 2.49. The molecule has 0 saturated carbocycles. The molecule has 0 fully saturated rings. The lowest BCUT2D eigenvalue weighted by molar-refractivity contribution is 0.451. The maximum absolute atomic E-state index is 9.35. The molecule has 0 aliphatic carbocycles. The van der Waals surface area contributed by atoms with Crippen LogP contribution in [0.2, 0.25) is 0 Å². The Morgan fingerprint density at radius 1 is 0.733 bits per heavy atom. The quantitative estimate of drug-likeness (QED) is 0.742. The van der Waals surface area contributed by atoms with Crippen LogP contribution in [-0.4, -0.2) is 10.2 Å². The molecule has 0 saturated heterocycles. The maximum atomic E-state index is 9.35. The molecule has 2 heteroatoms. The molecular formula is C13H12O2. The maximum Gasteiger partial charge on any atom is 0.119 e. The van der Waals surface area contributed by atoms with Crippen LogP contribution in [0.25, 0.3) is 11.1 Å². The smallest absolute Gasteiger partial charge is 0.119 e. The second kappa shape index (κ2) is 3.65. The highest BCUT2D eigenvalue weighted by Crippen LogP contribution is 2.28. The minimum absolute atomic E-state index is 0.0746. The van der Waals surface area contributed by atoms with Crippen molar-refractivity contribution >= 4 is 0 Å². The minimum atomic E-state index is 0.0746. The molecule has 15 heavy (non-hydrogen) atoms. The average Bonchev–Trinajstić information content (AvgIpc) is 2.17. The van der Waals surface area contributed by atoms with Crippen molar-refractivity contribution in [2.45, 2.75) is 6.92 Å². The topological polar surface area (TPSA) is 40.5 Å². The molecule has 0 atom stereocenters. The molecule has 0 radical (unpaired) electrons. The van der Waals surface area contributed by atoms with E-state index in [1.54, 1.807) is 12.1 Å². The number of hydrogen-bond acceptors (Lipinski definition) is 2. The zero-order valence-electron chi connectivity index (χ0n) is 8.44. The number of benzene rings is 2. The molecule has 76 valence electrons. The summed E-state index contributed by atoms with van der Waals surface area (Å²) in [7, 11) is 0. The fourth-order valence-corrected chi connectivity index (χ4v) is 1.51. The van der Waals surface area contributed by atoms with E-state index in [-0.39, 0.29) is 11.5 Å². The number of aromatic hydroxyl groups is 2. The predicted octanol–water partition coefficient (Wildman–Crippen LogP) is 3.07. The van der Waals surface area contributed by atoms with Crippen LogP contribution in [0.3, 0.4) is 0 Å². The van der Waals surface area contributed by atoms with Gasteiger partial charge in [-0.15, -0.1) is 0 Å². The van der Waals surface area contributed by atoms with Crippen molar-refractivity contribution in [1.29, 1.82) is 0 Å². The van der Waals surface area contributed by atoms with Gasteiger partial charge in [-0.25, -0.2) is 0 Å². The molecule has 0 spiro atoms. The van der Waals surface area contributed by atoms with E-state index >= 15 is 0 Å². The van der Waals surface area contributed by atoms with Gasteiger partial charge in [-0.2, -0.15) is 0 Å². The molecule has 2 aromatic rings. The Bertz CT molecular complexity index is 452. The summed E-state index contributed by atoms with van der Waals surface area (Å²) in [6.45, 7) is 2.02. The fraction of sp³-hybridized carbons (Fsp3) is 0.0769. The van der Waals surface area contributed by atoms with Gasteiger partial charge in [0.15, 0.2) is 0 Å². The number of rotatable bonds is 1. The first kappa shape index (κ1) is 9.59.